The fourth-order valence-corrected chi connectivity index (χ4v) is 1.44. The lowest BCUT2D eigenvalue weighted by molar-refractivity contribution is 0.415. The summed E-state index contributed by atoms with van der Waals surface area (Å²) in [4.78, 5) is 0. The van der Waals surface area contributed by atoms with Gasteiger partial charge in [0, 0.05) is 18.7 Å². The van der Waals surface area contributed by atoms with Gasteiger partial charge in [-0.15, -0.1) is 0 Å². The zero-order valence-corrected chi connectivity index (χ0v) is 9.84. The molecule has 1 rings (SSSR count). The van der Waals surface area contributed by atoms with E-state index in [0.717, 1.165) is 24.4 Å². The Bertz CT molecular complexity index is 315. The van der Waals surface area contributed by atoms with E-state index in [2.05, 4.69) is 5.32 Å². The normalized spacial score (nSPS) is 12.3. The van der Waals surface area contributed by atoms with Crippen LogP contribution in [-0.2, 0) is 0 Å². The SMILES string of the molecule is COc1ccc(NCCC(C)N)c(Cl)c1. The maximum absolute atomic E-state index is 6.05. The molecule has 0 aromatic heterocycles. The first-order chi connectivity index (χ1) is 7.13. The minimum absolute atomic E-state index is 0.203. The molecule has 3 N–H and O–H groups in total. The predicted molar refractivity (Wildman–Crippen MR) is 64.8 cm³/mol. The molecule has 0 saturated heterocycles. The summed E-state index contributed by atoms with van der Waals surface area (Å²) in [5, 5.41) is 3.89. The molecule has 0 heterocycles. The largest absolute Gasteiger partial charge is 0.497 e. The molecule has 1 atom stereocenters. The zero-order valence-electron chi connectivity index (χ0n) is 9.09. The van der Waals surface area contributed by atoms with Crippen molar-refractivity contribution in [2.24, 2.45) is 5.73 Å². The van der Waals surface area contributed by atoms with Crippen molar-refractivity contribution in [3.63, 3.8) is 0 Å². The van der Waals surface area contributed by atoms with Crippen LogP contribution in [0.2, 0.25) is 5.02 Å². The summed E-state index contributed by atoms with van der Waals surface area (Å²) in [5.74, 6) is 0.762. The van der Waals surface area contributed by atoms with Gasteiger partial charge in [0.05, 0.1) is 17.8 Å². The van der Waals surface area contributed by atoms with Crippen molar-refractivity contribution in [2.75, 3.05) is 19.0 Å². The highest BCUT2D eigenvalue weighted by Crippen LogP contribution is 2.26. The van der Waals surface area contributed by atoms with Gasteiger partial charge in [0.1, 0.15) is 5.75 Å². The molecule has 84 valence electrons. The van der Waals surface area contributed by atoms with Crippen molar-refractivity contribution in [3.05, 3.63) is 23.2 Å². The van der Waals surface area contributed by atoms with E-state index in [0.29, 0.717) is 5.02 Å². The number of rotatable bonds is 5. The monoisotopic (exact) mass is 228 g/mol. The average molecular weight is 229 g/mol. The molecule has 0 fully saturated rings. The van der Waals surface area contributed by atoms with Gasteiger partial charge in [-0.1, -0.05) is 11.6 Å². The highest BCUT2D eigenvalue weighted by Gasteiger charge is 2.01. The van der Waals surface area contributed by atoms with Crippen molar-refractivity contribution >= 4 is 17.3 Å². The highest BCUT2D eigenvalue weighted by molar-refractivity contribution is 6.33. The second-order valence-corrected chi connectivity index (χ2v) is 3.95. The molecule has 4 heteroatoms. The molecule has 0 aliphatic rings. The van der Waals surface area contributed by atoms with Crippen molar-refractivity contribution in [1.29, 1.82) is 0 Å². The van der Waals surface area contributed by atoms with E-state index in [-0.39, 0.29) is 6.04 Å². The maximum atomic E-state index is 6.05. The summed E-state index contributed by atoms with van der Waals surface area (Å²) in [6.45, 7) is 2.81. The quantitative estimate of drug-likeness (QED) is 0.814. The summed E-state index contributed by atoms with van der Waals surface area (Å²) in [5.41, 5.74) is 6.56. The average Bonchev–Trinajstić information content (AvgIpc) is 2.20. The topological polar surface area (TPSA) is 47.3 Å². The van der Waals surface area contributed by atoms with Crippen molar-refractivity contribution in [1.82, 2.24) is 0 Å². The first kappa shape index (κ1) is 12.1. The van der Waals surface area contributed by atoms with Crippen LogP contribution in [0.3, 0.4) is 0 Å². The molecule has 0 spiro atoms. The lowest BCUT2D eigenvalue weighted by atomic mass is 10.2. The van der Waals surface area contributed by atoms with Gasteiger partial charge < -0.3 is 15.8 Å². The predicted octanol–water partition coefficient (Wildman–Crippen LogP) is 2.50. The van der Waals surface area contributed by atoms with Crippen molar-refractivity contribution in [3.8, 4) is 5.75 Å². The molecular formula is C11H17ClN2O. The van der Waals surface area contributed by atoms with Crippen LogP contribution in [0.1, 0.15) is 13.3 Å². The van der Waals surface area contributed by atoms with Crippen LogP contribution >= 0.6 is 11.6 Å². The Labute approximate surface area is 95.6 Å². The number of nitrogens with two attached hydrogens (primary N) is 1. The molecule has 1 aromatic carbocycles. The first-order valence-electron chi connectivity index (χ1n) is 4.96. The summed E-state index contributed by atoms with van der Waals surface area (Å²) >= 11 is 6.05. The number of hydrogen-bond acceptors (Lipinski definition) is 3. The standard InChI is InChI=1S/C11H17ClN2O/c1-8(13)5-6-14-11-4-3-9(15-2)7-10(11)12/h3-4,7-8,14H,5-6,13H2,1-2H3. The van der Waals surface area contributed by atoms with Crippen LogP contribution in [-0.4, -0.2) is 19.7 Å². The molecule has 0 bridgehead atoms. The lowest BCUT2D eigenvalue weighted by Crippen LogP contribution is -2.19. The second-order valence-electron chi connectivity index (χ2n) is 3.54. The third kappa shape index (κ3) is 3.98. The van der Waals surface area contributed by atoms with Gasteiger partial charge in [-0.2, -0.15) is 0 Å². The molecule has 0 saturated carbocycles. The smallest absolute Gasteiger partial charge is 0.120 e. The molecule has 0 aliphatic heterocycles. The fourth-order valence-electron chi connectivity index (χ4n) is 1.20. The fraction of sp³-hybridized carbons (Fsp3) is 0.455. The van der Waals surface area contributed by atoms with E-state index >= 15 is 0 Å². The zero-order chi connectivity index (χ0) is 11.3. The highest BCUT2D eigenvalue weighted by atomic mass is 35.5. The summed E-state index contributed by atoms with van der Waals surface area (Å²) in [7, 11) is 1.62. The number of halogens is 1. The Morgan fingerprint density at radius 3 is 2.80 bits per heavy atom. The molecular weight excluding hydrogens is 212 g/mol. The Hall–Kier alpha value is -0.930. The Morgan fingerprint density at radius 1 is 1.53 bits per heavy atom. The number of anilines is 1. The molecule has 0 amide bonds. The molecule has 0 aliphatic carbocycles. The molecule has 1 unspecified atom stereocenters. The second kappa shape index (κ2) is 5.83. The van der Waals surface area contributed by atoms with Gasteiger partial charge in [-0.05, 0) is 25.5 Å². The Kier molecular flexibility index (Phi) is 4.72. The van der Waals surface area contributed by atoms with Crippen LogP contribution in [0, 0.1) is 0 Å². The number of ether oxygens (including phenoxy) is 1. The number of nitrogens with one attached hydrogen (secondary N) is 1. The van der Waals surface area contributed by atoms with Gasteiger partial charge in [-0.3, -0.25) is 0 Å². The summed E-state index contributed by atoms with van der Waals surface area (Å²) < 4.78 is 5.06. The van der Waals surface area contributed by atoms with Crippen LogP contribution in [0.25, 0.3) is 0 Å². The minimum Gasteiger partial charge on any atom is -0.497 e. The van der Waals surface area contributed by atoms with Gasteiger partial charge in [-0.25, -0.2) is 0 Å². The van der Waals surface area contributed by atoms with Gasteiger partial charge >= 0.3 is 0 Å². The summed E-state index contributed by atoms with van der Waals surface area (Å²) in [6, 6.07) is 5.77. The van der Waals surface area contributed by atoms with E-state index in [9.17, 15) is 0 Å². The number of benzene rings is 1. The van der Waals surface area contributed by atoms with Gasteiger partial charge in [0.2, 0.25) is 0 Å². The molecule has 15 heavy (non-hydrogen) atoms. The van der Waals surface area contributed by atoms with Crippen molar-refractivity contribution in [2.45, 2.75) is 19.4 Å². The summed E-state index contributed by atoms with van der Waals surface area (Å²) in [6.07, 6.45) is 0.919. The van der Waals surface area contributed by atoms with Crippen LogP contribution < -0.4 is 15.8 Å². The lowest BCUT2D eigenvalue weighted by Gasteiger charge is -2.10. The van der Waals surface area contributed by atoms with Crippen LogP contribution in [0.5, 0.6) is 5.75 Å². The Balaban J connectivity index is 2.54. The van der Waals surface area contributed by atoms with Crippen LogP contribution in [0.15, 0.2) is 18.2 Å². The van der Waals surface area contributed by atoms with E-state index in [4.69, 9.17) is 22.1 Å². The number of hydrogen-bond donors (Lipinski definition) is 2. The third-order valence-corrected chi connectivity index (χ3v) is 2.40. The van der Waals surface area contributed by atoms with Gasteiger partial charge in [0.15, 0.2) is 0 Å². The van der Waals surface area contributed by atoms with E-state index in [1.54, 1.807) is 13.2 Å². The Morgan fingerprint density at radius 2 is 2.27 bits per heavy atom. The van der Waals surface area contributed by atoms with E-state index in [1.165, 1.54) is 0 Å². The van der Waals surface area contributed by atoms with Gasteiger partial charge in [0.25, 0.3) is 0 Å². The van der Waals surface area contributed by atoms with Crippen LogP contribution in [0.4, 0.5) is 5.69 Å². The minimum atomic E-state index is 0.203. The molecule has 3 nitrogen and oxygen atoms in total. The molecule has 1 aromatic rings. The van der Waals surface area contributed by atoms with E-state index < -0.39 is 0 Å². The maximum Gasteiger partial charge on any atom is 0.120 e. The first-order valence-corrected chi connectivity index (χ1v) is 5.34. The third-order valence-electron chi connectivity index (χ3n) is 2.09. The molecule has 0 radical (unpaired) electrons. The van der Waals surface area contributed by atoms with Crippen molar-refractivity contribution < 1.29 is 4.74 Å². The van der Waals surface area contributed by atoms with E-state index in [1.807, 2.05) is 19.1 Å². The number of methoxy groups -OCH3 is 1.